The van der Waals surface area contributed by atoms with Gasteiger partial charge in [0.1, 0.15) is 5.75 Å². The number of likely N-dealkylation sites (tertiary alicyclic amines) is 1. The summed E-state index contributed by atoms with van der Waals surface area (Å²) in [7, 11) is 1.68. The van der Waals surface area contributed by atoms with E-state index in [4.69, 9.17) is 4.74 Å². The monoisotopic (exact) mass is 372 g/mol. The van der Waals surface area contributed by atoms with Crippen molar-refractivity contribution >= 4 is 17.2 Å². The van der Waals surface area contributed by atoms with Crippen molar-refractivity contribution in [2.24, 2.45) is 0 Å². The average molecular weight is 373 g/mol. The second kappa shape index (κ2) is 8.69. The van der Waals surface area contributed by atoms with Gasteiger partial charge in [0.25, 0.3) is 0 Å². The lowest BCUT2D eigenvalue weighted by Gasteiger charge is -2.31. The molecule has 1 aliphatic heterocycles. The average Bonchev–Trinajstić information content (AvgIpc) is 3.36. The molecule has 1 fully saturated rings. The van der Waals surface area contributed by atoms with Crippen LogP contribution in [0.1, 0.15) is 49.2 Å². The van der Waals surface area contributed by atoms with Crippen LogP contribution in [0.5, 0.6) is 5.75 Å². The molecule has 1 aromatic heterocycles. The van der Waals surface area contributed by atoms with Crippen molar-refractivity contribution in [3.63, 3.8) is 0 Å². The molecule has 26 heavy (non-hydrogen) atoms. The molecular weight excluding hydrogens is 344 g/mol. The Labute approximate surface area is 160 Å². The number of hydrogen-bond acceptors (Lipinski definition) is 4. The van der Waals surface area contributed by atoms with Gasteiger partial charge in [0.15, 0.2) is 0 Å². The molecule has 1 aliphatic rings. The van der Waals surface area contributed by atoms with Crippen LogP contribution in [0.2, 0.25) is 0 Å². The molecule has 0 radical (unpaired) electrons. The van der Waals surface area contributed by atoms with Gasteiger partial charge in [-0.05, 0) is 55.5 Å². The van der Waals surface area contributed by atoms with Gasteiger partial charge in [-0.2, -0.15) is 0 Å². The van der Waals surface area contributed by atoms with Crippen LogP contribution < -0.4 is 4.74 Å². The maximum atomic E-state index is 13.0. The van der Waals surface area contributed by atoms with Crippen LogP contribution in [0.3, 0.4) is 0 Å². The van der Waals surface area contributed by atoms with Crippen molar-refractivity contribution in [1.82, 2.24) is 9.80 Å². The summed E-state index contributed by atoms with van der Waals surface area (Å²) >= 11 is 1.75. The highest BCUT2D eigenvalue weighted by Gasteiger charge is 2.31. The normalized spacial score (nSPS) is 18.3. The van der Waals surface area contributed by atoms with E-state index in [2.05, 4.69) is 53.3 Å². The lowest BCUT2D eigenvalue weighted by atomic mass is 10.1. The van der Waals surface area contributed by atoms with Crippen LogP contribution in [-0.4, -0.2) is 42.5 Å². The molecule has 1 amide bonds. The Morgan fingerprint density at radius 1 is 1.38 bits per heavy atom. The maximum Gasteiger partial charge on any atom is 0.237 e. The molecule has 0 saturated carbocycles. The SMILES string of the molecule is CCN(CC(=O)N1CCCC1c1cccs1)C(C)c1cccc(OC)c1. The van der Waals surface area contributed by atoms with Crippen molar-refractivity contribution in [3.8, 4) is 5.75 Å². The van der Waals surface area contributed by atoms with Gasteiger partial charge in [-0.25, -0.2) is 0 Å². The van der Waals surface area contributed by atoms with Gasteiger partial charge in [-0.3, -0.25) is 9.69 Å². The lowest BCUT2D eigenvalue weighted by Crippen LogP contribution is -2.40. The minimum absolute atomic E-state index is 0.168. The van der Waals surface area contributed by atoms with Crippen molar-refractivity contribution in [2.75, 3.05) is 26.7 Å². The van der Waals surface area contributed by atoms with E-state index >= 15 is 0 Å². The predicted molar refractivity (Wildman–Crippen MR) is 107 cm³/mol. The fourth-order valence-electron chi connectivity index (χ4n) is 3.74. The third-order valence-electron chi connectivity index (χ3n) is 5.31. The topological polar surface area (TPSA) is 32.8 Å². The summed E-state index contributed by atoms with van der Waals surface area (Å²) in [6, 6.07) is 12.8. The third-order valence-corrected chi connectivity index (χ3v) is 6.29. The molecular formula is C21H28N2O2S. The Bertz CT molecular complexity index is 717. The highest BCUT2D eigenvalue weighted by molar-refractivity contribution is 7.10. The lowest BCUT2D eigenvalue weighted by molar-refractivity contribution is -0.133. The molecule has 3 rings (SSSR count). The molecule has 2 atom stereocenters. The number of thiophene rings is 1. The van der Waals surface area contributed by atoms with Gasteiger partial charge >= 0.3 is 0 Å². The molecule has 2 unspecified atom stereocenters. The molecule has 0 aliphatic carbocycles. The van der Waals surface area contributed by atoms with E-state index in [0.29, 0.717) is 6.54 Å². The van der Waals surface area contributed by atoms with Crippen molar-refractivity contribution in [3.05, 3.63) is 52.2 Å². The number of nitrogens with zero attached hydrogens (tertiary/aromatic N) is 2. The Morgan fingerprint density at radius 3 is 2.92 bits per heavy atom. The van der Waals surface area contributed by atoms with Crippen LogP contribution in [0, 0.1) is 0 Å². The molecule has 0 spiro atoms. The molecule has 1 saturated heterocycles. The Balaban J connectivity index is 1.69. The second-order valence-electron chi connectivity index (χ2n) is 6.78. The third kappa shape index (κ3) is 4.10. The summed E-state index contributed by atoms with van der Waals surface area (Å²) < 4.78 is 5.34. The maximum absolute atomic E-state index is 13.0. The molecule has 2 aromatic rings. The zero-order chi connectivity index (χ0) is 18.5. The first-order chi connectivity index (χ1) is 12.6. The number of rotatable bonds is 7. The number of hydrogen-bond donors (Lipinski definition) is 0. The van der Waals surface area contributed by atoms with E-state index in [0.717, 1.165) is 31.7 Å². The zero-order valence-corrected chi connectivity index (χ0v) is 16.7. The first-order valence-corrected chi connectivity index (χ1v) is 10.2. The number of benzene rings is 1. The largest absolute Gasteiger partial charge is 0.497 e. The number of ether oxygens (including phenoxy) is 1. The molecule has 2 heterocycles. The van der Waals surface area contributed by atoms with E-state index in [-0.39, 0.29) is 18.0 Å². The van der Waals surface area contributed by atoms with Gasteiger partial charge in [0.2, 0.25) is 5.91 Å². The summed E-state index contributed by atoms with van der Waals surface area (Å²) in [5.74, 6) is 1.09. The van der Waals surface area contributed by atoms with Crippen LogP contribution in [0.25, 0.3) is 0 Å². The summed E-state index contributed by atoms with van der Waals surface area (Å²) in [6.45, 7) is 6.43. The molecule has 140 valence electrons. The number of methoxy groups -OCH3 is 1. The smallest absolute Gasteiger partial charge is 0.237 e. The predicted octanol–water partition coefficient (Wildman–Crippen LogP) is 4.50. The number of amides is 1. The van der Waals surface area contributed by atoms with Crippen molar-refractivity contribution in [2.45, 2.75) is 38.8 Å². The number of carbonyl (C=O) groups excluding carboxylic acids is 1. The van der Waals surface area contributed by atoms with Gasteiger partial charge in [-0.1, -0.05) is 25.1 Å². The fraction of sp³-hybridized carbons (Fsp3) is 0.476. The number of likely N-dealkylation sites (N-methyl/N-ethyl adjacent to an activating group) is 1. The number of carbonyl (C=O) groups is 1. The molecule has 0 N–H and O–H groups in total. The molecule has 0 bridgehead atoms. The van der Waals surface area contributed by atoms with Crippen LogP contribution in [0.4, 0.5) is 0 Å². The summed E-state index contributed by atoms with van der Waals surface area (Å²) in [5, 5.41) is 2.10. The molecule has 4 nitrogen and oxygen atoms in total. The Morgan fingerprint density at radius 2 is 2.23 bits per heavy atom. The fourth-order valence-corrected chi connectivity index (χ4v) is 4.61. The van der Waals surface area contributed by atoms with Crippen LogP contribution in [0.15, 0.2) is 41.8 Å². The highest BCUT2D eigenvalue weighted by Crippen LogP contribution is 2.35. The first kappa shape index (κ1) is 18.9. The quantitative estimate of drug-likeness (QED) is 0.717. The van der Waals surface area contributed by atoms with Crippen molar-refractivity contribution < 1.29 is 9.53 Å². The van der Waals surface area contributed by atoms with Gasteiger partial charge in [0.05, 0.1) is 19.7 Å². The van der Waals surface area contributed by atoms with E-state index in [1.165, 1.54) is 10.4 Å². The zero-order valence-electron chi connectivity index (χ0n) is 15.9. The van der Waals surface area contributed by atoms with Gasteiger partial charge in [0, 0.05) is 17.5 Å². The van der Waals surface area contributed by atoms with E-state index < -0.39 is 0 Å². The summed E-state index contributed by atoms with van der Waals surface area (Å²) in [6.07, 6.45) is 2.16. The Hall–Kier alpha value is -1.85. The van der Waals surface area contributed by atoms with E-state index in [1.54, 1.807) is 18.4 Å². The summed E-state index contributed by atoms with van der Waals surface area (Å²) in [4.78, 5) is 18.7. The van der Waals surface area contributed by atoms with Gasteiger partial charge in [-0.15, -0.1) is 11.3 Å². The molecule has 5 heteroatoms. The van der Waals surface area contributed by atoms with Gasteiger partial charge < -0.3 is 9.64 Å². The van der Waals surface area contributed by atoms with Crippen molar-refractivity contribution in [1.29, 1.82) is 0 Å². The van der Waals surface area contributed by atoms with E-state index in [1.807, 2.05) is 12.1 Å². The molecule has 1 aromatic carbocycles. The van der Waals surface area contributed by atoms with Crippen LogP contribution in [-0.2, 0) is 4.79 Å². The van der Waals surface area contributed by atoms with Crippen LogP contribution >= 0.6 is 11.3 Å². The first-order valence-electron chi connectivity index (χ1n) is 9.35. The Kier molecular flexibility index (Phi) is 6.33. The highest BCUT2D eigenvalue weighted by atomic mass is 32.1. The standard InChI is InChI=1S/C21H28N2O2S/c1-4-22(16(2)17-8-5-9-18(14-17)25-3)15-21(24)23-12-6-10-19(23)20-11-7-13-26-20/h5,7-9,11,13-14,16,19H,4,6,10,12,15H2,1-3H3. The van der Waals surface area contributed by atoms with E-state index in [9.17, 15) is 4.79 Å². The minimum Gasteiger partial charge on any atom is -0.497 e. The second-order valence-corrected chi connectivity index (χ2v) is 7.76. The minimum atomic E-state index is 0.168. The summed E-state index contributed by atoms with van der Waals surface area (Å²) in [5.41, 5.74) is 1.18.